The fraction of sp³-hybridized carbons (Fsp3) is 0.647. The maximum absolute atomic E-state index is 14.2. The van der Waals surface area contributed by atoms with Crippen LogP contribution in [0.1, 0.15) is 57.6 Å². The zero-order valence-electron chi connectivity index (χ0n) is 12.5. The summed E-state index contributed by atoms with van der Waals surface area (Å²) in [5.74, 6) is 1.11. The summed E-state index contributed by atoms with van der Waals surface area (Å²) in [7, 11) is 0. The fourth-order valence-corrected chi connectivity index (χ4v) is 3.55. The average Bonchev–Trinajstić information content (AvgIpc) is 2.43. The van der Waals surface area contributed by atoms with Crippen LogP contribution in [0.2, 0.25) is 5.02 Å². The molecule has 3 heteroatoms. The standard InChI is InChI=1S/C17H25ClFN/c1-3-9-20-17(13-6-4-5-12(2)10-13)15-11-14(18)7-8-16(15)19/h7-8,11-13,17,20H,3-6,9-10H2,1-2H3. The van der Waals surface area contributed by atoms with Crippen LogP contribution >= 0.6 is 11.6 Å². The van der Waals surface area contributed by atoms with Gasteiger partial charge in [0.15, 0.2) is 0 Å². The van der Waals surface area contributed by atoms with Gasteiger partial charge >= 0.3 is 0 Å². The molecule has 0 radical (unpaired) electrons. The number of benzene rings is 1. The molecule has 0 aliphatic heterocycles. The van der Waals surface area contributed by atoms with Gasteiger partial charge in [-0.05, 0) is 55.8 Å². The predicted molar refractivity (Wildman–Crippen MR) is 83.6 cm³/mol. The largest absolute Gasteiger partial charge is 0.310 e. The molecule has 3 unspecified atom stereocenters. The summed E-state index contributed by atoms with van der Waals surface area (Å²) in [6, 6.07) is 5.01. The van der Waals surface area contributed by atoms with Gasteiger partial charge in [-0.15, -0.1) is 0 Å². The first kappa shape index (κ1) is 15.8. The summed E-state index contributed by atoms with van der Waals surface area (Å²) >= 11 is 6.07. The second-order valence-corrected chi connectivity index (χ2v) is 6.57. The van der Waals surface area contributed by atoms with Crippen molar-refractivity contribution in [3.8, 4) is 0 Å². The Hall–Kier alpha value is -0.600. The number of nitrogens with one attached hydrogen (secondary N) is 1. The predicted octanol–water partition coefficient (Wildman–Crippen LogP) is 5.35. The molecule has 1 aromatic rings. The molecule has 1 fully saturated rings. The molecule has 2 rings (SSSR count). The number of hydrogen-bond donors (Lipinski definition) is 1. The highest BCUT2D eigenvalue weighted by atomic mass is 35.5. The van der Waals surface area contributed by atoms with Crippen LogP contribution in [0.15, 0.2) is 18.2 Å². The van der Waals surface area contributed by atoms with Crippen LogP contribution in [0.4, 0.5) is 4.39 Å². The van der Waals surface area contributed by atoms with E-state index >= 15 is 0 Å². The van der Waals surface area contributed by atoms with E-state index in [9.17, 15) is 4.39 Å². The summed E-state index contributed by atoms with van der Waals surface area (Å²) < 4.78 is 14.2. The molecule has 0 amide bonds. The topological polar surface area (TPSA) is 12.0 Å². The van der Waals surface area contributed by atoms with Gasteiger partial charge in [0.05, 0.1) is 0 Å². The first-order valence-electron chi connectivity index (χ1n) is 7.80. The Labute approximate surface area is 126 Å². The molecule has 0 aromatic heterocycles. The highest BCUT2D eigenvalue weighted by molar-refractivity contribution is 6.30. The lowest BCUT2D eigenvalue weighted by atomic mass is 9.76. The Balaban J connectivity index is 2.23. The SMILES string of the molecule is CCCNC(c1cc(Cl)ccc1F)C1CCCC(C)C1. The zero-order valence-corrected chi connectivity index (χ0v) is 13.2. The van der Waals surface area contributed by atoms with Gasteiger partial charge in [0.1, 0.15) is 5.82 Å². The van der Waals surface area contributed by atoms with Crippen molar-refractivity contribution in [2.75, 3.05) is 6.54 Å². The molecule has 0 heterocycles. The van der Waals surface area contributed by atoms with Crippen molar-refractivity contribution >= 4 is 11.6 Å². The third-order valence-corrected chi connectivity index (χ3v) is 4.59. The Kier molecular flexibility index (Phi) is 5.86. The molecule has 1 aromatic carbocycles. The lowest BCUT2D eigenvalue weighted by Crippen LogP contribution is -2.32. The minimum Gasteiger partial charge on any atom is -0.310 e. The van der Waals surface area contributed by atoms with E-state index in [-0.39, 0.29) is 11.9 Å². The number of hydrogen-bond acceptors (Lipinski definition) is 1. The molecule has 1 saturated carbocycles. The number of halogens is 2. The smallest absolute Gasteiger partial charge is 0.128 e. The van der Waals surface area contributed by atoms with Crippen molar-refractivity contribution in [1.82, 2.24) is 5.32 Å². The lowest BCUT2D eigenvalue weighted by molar-refractivity contribution is 0.221. The molecule has 1 aliphatic carbocycles. The van der Waals surface area contributed by atoms with Gasteiger partial charge in [0.25, 0.3) is 0 Å². The molecule has 1 nitrogen and oxygen atoms in total. The van der Waals surface area contributed by atoms with Gasteiger partial charge in [0.2, 0.25) is 0 Å². The van der Waals surface area contributed by atoms with E-state index in [0.717, 1.165) is 24.4 Å². The summed E-state index contributed by atoms with van der Waals surface area (Å²) in [5, 5.41) is 4.16. The van der Waals surface area contributed by atoms with Crippen LogP contribution in [0.3, 0.4) is 0 Å². The van der Waals surface area contributed by atoms with Crippen molar-refractivity contribution in [3.63, 3.8) is 0 Å². The summed E-state index contributed by atoms with van der Waals surface area (Å²) in [4.78, 5) is 0. The molecule has 1 N–H and O–H groups in total. The molecule has 20 heavy (non-hydrogen) atoms. The highest BCUT2D eigenvalue weighted by Gasteiger charge is 2.29. The van der Waals surface area contributed by atoms with E-state index in [1.54, 1.807) is 12.1 Å². The summed E-state index contributed by atoms with van der Waals surface area (Å²) in [6.45, 7) is 5.36. The van der Waals surface area contributed by atoms with Crippen LogP contribution < -0.4 is 5.32 Å². The fourth-order valence-electron chi connectivity index (χ4n) is 3.37. The first-order valence-corrected chi connectivity index (χ1v) is 8.18. The van der Waals surface area contributed by atoms with Crippen molar-refractivity contribution in [2.24, 2.45) is 11.8 Å². The molecule has 3 atom stereocenters. The number of rotatable bonds is 5. The molecule has 0 saturated heterocycles. The highest BCUT2D eigenvalue weighted by Crippen LogP contribution is 2.38. The Morgan fingerprint density at radius 3 is 2.90 bits per heavy atom. The van der Waals surface area contributed by atoms with Gasteiger partial charge in [-0.1, -0.05) is 38.3 Å². The van der Waals surface area contributed by atoms with Gasteiger partial charge in [-0.3, -0.25) is 0 Å². The van der Waals surface area contributed by atoms with Crippen molar-refractivity contribution in [2.45, 2.75) is 52.0 Å². The first-order chi connectivity index (χ1) is 9.61. The molecule has 0 spiro atoms. The van der Waals surface area contributed by atoms with Gasteiger partial charge in [0, 0.05) is 16.6 Å². The zero-order chi connectivity index (χ0) is 14.5. The Morgan fingerprint density at radius 1 is 1.40 bits per heavy atom. The van der Waals surface area contributed by atoms with Crippen LogP contribution in [0.5, 0.6) is 0 Å². The average molecular weight is 298 g/mol. The second kappa shape index (κ2) is 7.42. The normalized spacial score (nSPS) is 24.6. The van der Waals surface area contributed by atoms with E-state index in [2.05, 4.69) is 19.2 Å². The van der Waals surface area contributed by atoms with Gasteiger partial charge in [-0.2, -0.15) is 0 Å². The van der Waals surface area contributed by atoms with E-state index in [1.807, 2.05) is 0 Å². The molecule has 0 bridgehead atoms. The second-order valence-electron chi connectivity index (χ2n) is 6.13. The van der Waals surface area contributed by atoms with Crippen molar-refractivity contribution in [3.05, 3.63) is 34.6 Å². The summed E-state index contributed by atoms with van der Waals surface area (Å²) in [6.07, 6.45) is 5.96. The van der Waals surface area contributed by atoms with E-state index in [0.29, 0.717) is 10.9 Å². The van der Waals surface area contributed by atoms with Gasteiger partial charge in [-0.25, -0.2) is 4.39 Å². The Bertz CT molecular complexity index is 435. The van der Waals surface area contributed by atoms with Gasteiger partial charge < -0.3 is 5.32 Å². The van der Waals surface area contributed by atoms with Crippen LogP contribution in [-0.2, 0) is 0 Å². The minimum absolute atomic E-state index is 0.0939. The third kappa shape index (κ3) is 3.95. The van der Waals surface area contributed by atoms with Crippen LogP contribution in [0.25, 0.3) is 0 Å². The Morgan fingerprint density at radius 2 is 2.20 bits per heavy atom. The van der Waals surface area contributed by atoms with E-state index in [4.69, 9.17) is 11.6 Å². The van der Waals surface area contributed by atoms with E-state index < -0.39 is 0 Å². The monoisotopic (exact) mass is 297 g/mol. The maximum atomic E-state index is 14.2. The summed E-state index contributed by atoms with van der Waals surface area (Å²) in [5.41, 5.74) is 0.741. The van der Waals surface area contributed by atoms with Crippen molar-refractivity contribution < 1.29 is 4.39 Å². The molecule has 112 valence electrons. The van der Waals surface area contributed by atoms with E-state index in [1.165, 1.54) is 31.7 Å². The molecular weight excluding hydrogens is 273 g/mol. The maximum Gasteiger partial charge on any atom is 0.128 e. The van der Waals surface area contributed by atoms with Crippen molar-refractivity contribution in [1.29, 1.82) is 0 Å². The lowest BCUT2D eigenvalue weighted by Gasteiger charge is -2.34. The molecular formula is C17H25ClFN. The third-order valence-electron chi connectivity index (χ3n) is 4.36. The molecule has 1 aliphatic rings. The van der Waals surface area contributed by atoms with Crippen LogP contribution in [0, 0.1) is 17.7 Å². The van der Waals surface area contributed by atoms with Crippen LogP contribution in [-0.4, -0.2) is 6.54 Å². The minimum atomic E-state index is -0.138. The quantitative estimate of drug-likeness (QED) is 0.773.